The second-order valence-corrected chi connectivity index (χ2v) is 3.31. The zero-order valence-corrected chi connectivity index (χ0v) is 9.02. The van der Waals surface area contributed by atoms with Gasteiger partial charge in [0.05, 0.1) is 0 Å². The van der Waals surface area contributed by atoms with Crippen LogP contribution in [0, 0.1) is 0 Å². The molecule has 0 atom stereocenters. The van der Waals surface area contributed by atoms with Gasteiger partial charge in [0.25, 0.3) is 0 Å². The highest BCUT2D eigenvalue weighted by Crippen LogP contribution is 2.09. The lowest BCUT2D eigenvalue weighted by Gasteiger charge is -2.01. The first-order valence-corrected chi connectivity index (χ1v) is 5.19. The van der Waals surface area contributed by atoms with E-state index in [2.05, 4.69) is 6.08 Å². The molecule has 1 nitrogen and oxygen atoms in total. The summed E-state index contributed by atoms with van der Waals surface area (Å²) in [6.07, 6.45) is 11.0. The fourth-order valence-electron chi connectivity index (χ4n) is 1.40. The Labute approximate surface area is 91.1 Å². The Morgan fingerprint density at radius 2 is 2.00 bits per heavy atom. The largest absolute Gasteiger partial charge is 0.298 e. The molecule has 0 aliphatic heterocycles. The van der Waals surface area contributed by atoms with E-state index in [0.29, 0.717) is 0 Å². The third kappa shape index (κ3) is 3.94. The highest BCUT2D eigenvalue weighted by atomic mass is 16.1. The van der Waals surface area contributed by atoms with Gasteiger partial charge in [-0.15, -0.1) is 0 Å². The first kappa shape index (κ1) is 11.4. The van der Waals surface area contributed by atoms with E-state index in [1.54, 1.807) is 0 Å². The van der Waals surface area contributed by atoms with Crippen LogP contribution in [0.4, 0.5) is 0 Å². The van der Waals surface area contributed by atoms with Gasteiger partial charge in [0.1, 0.15) is 6.29 Å². The quantitative estimate of drug-likeness (QED) is 0.524. The average molecular weight is 200 g/mol. The number of carbonyl (C=O) groups is 1. The van der Waals surface area contributed by atoms with Crippen molar-refractivity contribution < 1.29 is 4.79 Å². The molecule has 0 aliphatic carbocycles. The first-order chi connectivity index (χ1) is 7.38. The van der Waals surface area contributed by atoms with Crippen molar-refractivity contribution in [2.75, 3.05) is 0 Å². The normalized spacial score (nSPS) is 11.3. The van der Waals surface area contributed by atoms with Crippen LogP contribution in [0.25, 0.3) is 0 Å². The number of allylic oxidation sites excluding steroid dienone is 4. The van der Waals surface area contributed by atoms with E-state index in [-0.39, 0.29) is 0 Å². The van der Waals surface area contributed by atoms with Crippen molar-refractivity contribution in [2.45, 2.75) is 19.8 Å². The number of aldehydes is 1. The monoisotopic (exact) mass is 200 g/mol. The summed E-state index contributed by atoms with van der Waals surface area (Å²) >= 11 is 0. The fourth-order valence-corrected chi connectivity index (χ4v) is 1.40. The van der Waals surface area contributed by atoms with Crippen molar-refractivity contribution in [3.63, 3.8) is 0 Å². The zero-order valence-electron chi connectivity index (χ0n) is 9.02. The van der Waals surface area contributed by atoms with E-state index in [4.69, 9.17) is 0 Å². The molecule has 0 radical (unpaired) electrons. The summed E-state index contributed by atoms with van der Waals surface area (Å²) in [6, 6.07) is 7.73. The standard InChI is InChI=1S/C14H16O/c1-2-3-4-5-6-9-13-10-7-8-11-14(13)12-15/h2-5,7-8,10-12H,6,9H2,1H3/b3-2+,5-4+. The minimum atomic E-state index is 0.803. The van der Waals surface area contributed by atoms with Gasteiger partial charge in [-0.25, -0.2) is 0 Å². The second-order valence-electron chi connectivity index (χ2n) is 3.31. The van der Waals surface area contributed by atoms with Crippen molar-refractivity contribution in [2.24, 2.45) is 0 Å². The molecule has 0 fully saturated rings. The lowest BCUT2D eigenvalue weighted by atomic mass is 10.0. The molecular formula is C14H16O. The van der Waals surface area contributed by atoms with Crippen molar-refractivity contribution in [3.8, 4) is 0 Å². The van der Waals surface area contributed by atoms with Gasteiger partial charge in [0, 0.05) is 5.56 Å². The molecule has 0 saturated heterocycles. The molecule has 1 aromatic carbocycles. The molecule has 0 aliphatic rings. The highest BCUT2D eigenvalue weighted by Gasteiger charge is 1.97. The van der Waals surface area contributed by atoms with Crippen LogP contribution in [0.15, 0.2) is 48.6 Å². The Kier molecular flexibility index (Phi) is 5.16. The van der Waals surface area contributed by atoms with Gasteiger partial charge in [-0.2, -0.15) is 0 Å². The Morgan fingerprint density at radius 1 is 1.20 bits per heavy atom. The van der Waals surface area contributed by atoms with E-state index >= 15 is 0 Å². The van der Waals surface area contributed by atoms with Crippen LogP contribution < -0.4 is 0 Å². The lowest BCUT2D eigenvalue weighted by Crippen LogP contribution is -1.91. The van der Waals surface area contributed by atoms with E-state index in [0.717, 1.165) is 30.3 Å². The summed E-state index contributed by atoms with van der Waals surface area (Å²) in [5, 5.41) is 0. The first-order valence-electron chi connectivity index (χ1n) is 5.19. The van der Waals surface area contributed by atoms with E-state index in [1.807, 2.05) is 49.4 Å². The van der Waals surface area contributed by atoms with Crippen LogP contribution in [0.3, 0.4) is 0 Å². The Hall–Kier alpha value is -1.63. The number of hydrogen-bond donors (Lipinski definition) is 0. The lowest BCUT2D eigenvalue weighted by molar-refractivity contribution is 0.112. The molecular weight excluding hydrogens is 184 g/mol. The number of hydrogen-bond acceptors (Lipinski definition) is 1. The summed E-state index contributed by atoms with van der Waals surface area (Å²) in [5.74, 6) is 0. The molecule has 0 spiro atoms. The molecule has 0 N–H and O–H groups in total. The summed E-state index contributed by atoms with van der Waals surface area (Å²) in [4.78, 5) is 10.7. The maximum absolute atomic E-state index is 10.7. The van der Waals surface area contributed by atoms with E-state index < -0.39 is 0 Å². The van der Waals surface area contributed by atoms with Crippen LogP contribution in [0.1, 0.15) is 29.3 Å². The van der Waals surface area contributed by atoms with Crippen LogP contribution in [-0.2, 0) is 6.42 Å². The molecule has 1 heteroatoms. The minimum Gasteiger partial charge on any atom is -0.298 e. The molecule has 1 rings (SSSR count). The van der Waals surface area contributed by atoms with Crippen molar-refractivity contribution in [1.82, 2.24) is 0 Å². The van der Waals surface area contributed by atoms with E-state index in [9.17, 15) is 4.79 Å². The second kappa shape index (κ2) is 6.77. The Bertz CT molecular complexity index is 361. The van der Waals surface area contributed by atoms with Crippen molar-refractivity contribution in [1.29, 1.82) is 0 Å². The predicted octanol–water partition coefficient (Wildman–Crippen LogP) is 3.56. The van der Waals surface area contributed by atoms with Crippen molar-refractivity contribution in [3.05, 3.63) is 59.7 Å². The van der Waals surface area contributed by atoms with Gasteiger partial charge < -0.3 is 0 Å². The number of aryl methyl sites for hydroxylation is 1. The third-order valence-electron chi connectivity index (χ3n) is 2.20. The van der Waals surface area contributed by atoms with Crippen LogP contribution in [0.5, 0.6) is 0 Å². The summed E-state index contributed by atoms with van der Waals surface area (Å²) < 4.78 is 0. The summed E-state index contributed by atoms with van der Waals surface area (Å²) in [7, 11) is 0. The SMILES string of the molecule is C/C=C/C=C/CCc1ccccc1C=O. The molecule has 0 heterocycles. The van der Waals surface area contributed by atoms with Crippen LogP contribution in [-0.4, -0.2) is 6.29 Å². The topological polar surface area (TPSA) is 17.1 Å². The third-order valence-corrected chi connectivity index (χ3v) is 2.20. The van der Waals surface area contributed by atoms with Gasteiger partial charge in [-0.05, 0) is 25.3 Å². The maximum Gasteiger partial charge on any atom is 0.150 e. The molecule has 0 unspecified atom stereocenters. The predicted molar refractivity (Wildman–Crippen MR) is 64.1 cm³/mol. The molecule has 0 amide bonds. The molecule has 15 heavy (non-hydrogen) atoms. The van der Waals surface area contributed by atoms with Gasteiger partial charge in [-0.1, -0.05) is 48.6 Å². The van der Waals surface area contributed by atoms with E-state index in [1.165, 1.54) is 0 Å². The minimum absolute atomic E-state index is 0.803. The van der Waals surface area contributed by atoms with Crippen LogP contribution in [0.2, 0.25) is 0 Å². The molecule has 0 aromatic heterocycles. The smallest absolute Gasteiger partial charge is 0.150 e. The van der Waals surface area contributed by atoms with Gasteiger partial charge in [0.2, 0.25) is 0 Å². The zero-order chi connectivity index (χ0) is 10.9. The number of benzene rings is 1. The average Bonchev–Trinajstić information content (AvgIpc) is 2.29. The molecule has 0 saturated carbocycles. The highest BCUT2D eigenvalue weighted by molar-refractivity contribution is 5.77. The maximum atomic E-state index is 10.7. The van der Waals surface area contributed by atoms with Gasteiger partial charge in [0.15, 0.2) is 0 Å². The van der Waals surface area contributed by atoms with Crippen molar-refractivity contribution >= 4 is 6.29 Å². The van der Waals surface area contributed by atoms with Gasteiger partial charge >= 0.3 is 0 Å². The van der Waals surface area contributed by atoms with Crippen LogP contribution >= 0.6 is 0 Å². The Balaban J connectivity index is 2.53. The molecule has 78 valence electrons. The summed E-state index contributed by atoms with van der Waals surface area (Å²) in [5.41, 5.74) is 1.93. The summed E-state index contributed by atoms with van der Waals surface area (Å²) in [6.45, 7) is 1.99. The Morgan fingerprint density at radius 3 is 2.73 bits per heavy atom. The fraction of sp³-hybridized carbons (Fsp3) is 0.214. The van der Waals surface area contributed by atoms with Gasteiger partial charge in [-0.3, -0.25) is 4.79 Å². The number of carbonyl (C=O) groups excluding carboxylic acids is 1. The molecule has 1 aromatic rings. The molecule has 0 bridgehead atoms. The number of rotatable bonds is 5.